The number of nitrogens with zero attached hydrogens (tertiary/aromatic N) is 1. The molecule has 0 aliphatic heterocycles. The van der Waals surface area contributed by atoms with Crippen molar-refractivity contribution in [2.45, 2.75) is 46.5 Å². The van der Waals surface area contributed by atoms with Gasteiger partial charge in [-0.25, -0.2) is 0 Å². The SMILES string of the molecule is Cc1c(OCCCCOc2cncc(Br)c2)ccc(CCC(C)C)c1O. The molecule has 0 fully saturated rings. The molecule has 0 spiro atoms. The molecular weight excluding hydrogens is 394 g/mol. The molecule has 0 unspecified atom stereocenters. The lowest BCUT2D eigenvalue weighted by Gasteiger charge is -2.14. The van der Waals surface area contributed by atoms with E-state index in [2.05, 4.69) is 34.8 Å². The van der Waals surface area contributed by atoms with E-state index in [1.165, 1.54) is 0 Å². The maximum atomic E-state index is 10.4. The molecule has 5 heteroatoms. The fourth-order valence-electron chi connectivity index (χ4n) is 2.59. The van der Waals surface area contributed by atoms with Crippen molar-refractivity contribution in [3.63, 3.8) is 0 Å². The van der Waals surface area contributed by atoms with Gasteiger partial charge in [-0.1, -0.05) is 19.9 Å². The number of phenolic OH excluding ortho intramolecular Hbond substituents is 1. The third kappa shape index (κ3) is 6.52. The molecule has 26 heavy (non-hydrogen) atoms. The fraction of sp³-hybridized carbons (Fsp3) is 0.476. The van der Waals surface area contributed by atoms with E-state index in [1.807, 2.05) is 25.1 Å². The number of rotatable bonds is 10. The first-order valence-electron chi connectivity index (χ1n) is 9.15. The van der Waals surface area contributed by atoms with E-state index < -0.39 is 0 Å². The fourth-order valence-corrected chi connectivity index (χ4v) is 2.93. The Morgan fingerprint density at radius 2 is 1.85 bits per heavy atom. The van der Waals surface area contributed by atoms with E-state index in [0.29, 0.717) is 24.9 Å². The van der Waals surface area contributed by atoms with Crippen molar-refractivity contribution in [1.29, 1.82) is 0 Å². The molecule has 0 aliphatic rings. The summed E-state index contributed by atoms with van der Waals surface area (Å²) in [6.45, 7) is 7.52. The van der Waals surface area contributed by atoms with Crippen molar-refractivity contribution in [2.24, 2.45) is 5.92 Å². The van der Waals surface area contributed by atoms with Crippen molar-refractivity contribution >= 4 is 15.9 Å². The van der Waals surface area contributed by atoms with Gasteiger partial charge in [-0.05, 0) is 72.2 Å². The summed E-state index contributed by atoms with van der Waals surface area (Å²) in [6, 6.07) is 5.84. The van der Waals surface area contributed by atoms with Crippen LogP contribution in [0.5, 0.6) is 17.2 Å². The Bertz CT molecular complexity index is 704. The molecular formula is C21H28BrNO3. The number of ether oxygens (including phenoxy) is 2. The first-order chi connectivity index (χ1) is 12.5. The smallest absolute Gasteiger partial charge is 0.138 e. The van der Waals surface area contributed by atoms with Crippen molar-refractivity contribution in [3.8, 4) is 17.2 Å². The van der Waals surface area contributed by atoms with Crippen LogP contribution in [-0.2, 0) is 6.42 Å². The van der Waals surface area contributed by atoms with Gasteiger partial charge >= 0.3 is 0 Å². The molecule has 0 saturated heterocycles. The largest absolute Gasteiger partial charge is 0.507 e. The zero-order chi connectivity index (χ0) is 18.9. The number of unbranched alkanes of at least 4 members (excludes halogenated alkanes) is 1. The summed E-state index contributed by atoms with van der Waals surface area (Å²) in [5, 5.41) is 10.4. The number of hydrogen-bond donors (Lipinski definition) is 1. The van der Waals surface area contributed by atoms with E-state index in [9.17, 15) is 5.11 Å². The van der Waals surface area contributed by atoms with Crippen LogP contribution in [0, 0.1) is 12.8 Å². The summed E-state index contributed by atoms with van der Waals surface area (Å²) in [6.07, 6.45) is 7.18. The van der Waals surface area contributed by atoms with Crippen molar-refractivity contribution < 1.29 is 14.6 Å². The van der Waals surface area contributed by atoms with Crippen LogP contribution in [0.3, 0.4) is 0 Å². The Kier molecular flexibility index (Phi) is 8.23. The van der Waals surface area contributed by atoms with Gasteiger partial charge < -0.3 is 14.6 Å². The zero-order valence-corrected chi connectivity index (χ0v) is 17.4. The Morgan fingerprint density at radius 3 is 2.54 bits per heavy atom. The van der Waals surface area contributed by atoms with Gasteiger partial charge in [0, 0.05) is 16.2 Å². The van der Waals surface area contributed by atoms with Crippen molar-refractivity contribution in [1.82, 2.24) is 4.98 Å². The van der Waals surface area contributed by atoms with Crippen LogP contribution in [0.1, 0.15) is 44.2 Å². The Labute approximate surface area is 164 Å². The molecule has 4 nitrogen and oxygen atoms in total. The van der Waals surface area contributed by atoms with Crippen LogP contribution in [0.2, 0.25) is 0 Å². The number of phenols is 1. The molecule has 2 rings (SSSR count). The standard InChI is InChI=1S/C21H28BrNO3/c1-15(2)6-7-17-8-9-20(16(3)21(17)24)26-11-5-4-10-25-19-12-18(22)13-23-14-19/h8-9,12-15,24H,4-7,10-11H2,1-3H3. The molecule has 142 valence electrons. The lowest BCUT2D eigenvalue weighted by molar-refractivity contribution is 0.264. The lowest BCUT2D eigenvalue weighted by atomic mass is 10.00. The van der Waals surface area contributed by atoms with Gasteiger partial charge in [0.2, 0.25) is 0 Å². The number of halogens is 1. The van der Waals surface area contributed by atoms with Gasteiger partial charge in [0.1, 0.15) is 17.2 Å². The lowest BCUT2D eigenvalue weighted by Crippen LogP contribution is -2.04. The second-order valence-electron chi connectivity index (χ2n) is 6.87. The molecule has 1 aromatic heterocycles. The molecule has 1 aromatic carbocycles. The average molecular weight is 422 g/mol. The number of hydrogen-bond acceptors (Lipinski definition) is 4. The van der Waals surface area contributed by atoms with E-state index in [4.69, 9.17) is 9.47 Å². The Hall–Kier alpha value is -1.75. The van der Waals surface area contributed by atoms with Crippen molar-refractivity contribution in [3.05, 3.63) is 46.2 Å². The van der Waals surface area contributed by atoms with Gasteiger partial charge in [-0.2, -0.15) is 0 Å². The predicted molar refractivity (Wildman–Crippen MR) is 108 cm³/mol. The van der Waals surface area contributed by atoms with Crippen LogP contribution in [0.4, 0.5) is 0 Å². The highest BCUT2D eigenvalue weighted by Crippen LogP contribution is 2.31. The topological polar surface area (TPSA) is 51.6 Å². The Morgan fingerprint density at radius 1 is 1.12 bits per heavy atom. The third-order valence-corrected chi connectivity index (χ3v) is 4.63. The maximum absolute atomic E-state index is 10.4. The third-order valence-electron chi connectivity index (χ3n) is 4.20. The molecule has 1 heterocycles. The molecule has 0 amide bonds. The van der Waals surface area contributed by atoms with Gasteiger partial charge in [-0.15, -0.1) is 0 Å². The summed E-state index contributed by atoms with van der Waals surface area (Å²) in [4.78, 5) is 4.07. The van der Waals surface area contributed by atoms with E-state index in [-0.39, 0.29) is 0 Å². The minimum Gasteiger partial charge on any atom is -0.507 e. The van der Waals surface area contributed by atoms with Crippen LogP contribution >= 0.6 is 15.9 Å². The van der Waals surface area contributed by atoms with Crippen LogP contribution in [0.15, 0.2) is 35.1 Å². The highest BCUT2D eigenvalue weighted by Gasteiger charge is 2.10. The highest BCUT2D eigenvalue weighted by molar-refractivity contribution is 9.10. The normalized spacial score (nSPS) is 11.0. The van der Waals surface area contributed by atoms with Gasteiger partial charge in [0.25, 0.3) is 0 Å². The monoisotopic (exact) mass is 421 g/mol. The summed E-state index contributed by atoms with van der Waals surface area (Å²) in [7, 11) is 0. The van der Waals surface area contributed by atoms with Crippen LogP contribution in [0.25, 0.3) is 0 Å². The molecule has 0 radical (unpaired) electrons. The number of aryl methyl sites for hydroxylation is 1. The predicted octanol–water partition coefficient (Wildman–Crippen LogP) is 5.68. The quantitative estimate of drug-likeness (QED) is 0.500. The molecule has 0 saturated carbocycles. The molecule has 0 aliphatic carbocycles. The summed E-state index contributed by atoms with van der Waals surface area (Å²) in [5.74, 6) is 2.51. The van der Waals surface area contributed by atoms with Gasteiger partial charge in [0.15, 0.2) is 0 Å². The van der Waals surface area contributed by atoms with Crippen molar-refractivity contribution in [2.75, 3.05) is 13.2 Å². The molecule has 1 N–H and O–H groups in total. The number of aromatic hydroxyl groups is 1. The number of benzene rings is 1. The van der Waals surface area contributed by atoms with E-state index in [0.717, 1.165) is 52.8 Å². The summed E-state index contributed by atoms with van der Waals surface area (Å²) >= 11 is 3.37. The van der Waals surface area contributed by atoms with E-state index in [1.54, 1.807) is 12.4 Å². The second-order valence-corrected chi connectivity index (χ2v) is 7.79. The Balaban J connectivity index is 1.73. The molecule has 0 bridgehead atoms. The first-order valence-corrected chi connectivity index (χ1v) is 9.94. The zero-order valence-electron chi connectivity index (χ0n) is 15.8. The first kappa shape index (κ1) is 20.6. The van der Waals surface area contributed by atoms with Gasteiger partial charge in [0.05, 0.1) is 19.4 Å². The summed E-state index contributed by atoms with van der Waals surface area (Å²) < 4.78 is 12.4. The molecule has 2 aromatic rings. The highest BCUT2D eigenvalue weighted by atomic mass is 79.9. The second kappa shape index (κ2) is 10.4. The van der Waals surface area contributed by atoms with E-state index >= 15 is 0 Å². The summed E-state index contributed by atoms with van der Waals surface area (Å²) in [5.41, 5.74) is 1.82. The van der Waals surface area contributed by atoms with Crippen LogP contribution in [-0.4, -0.2) is 23.3 Å². The minimum atomic E-state index is 0.369. The number of aromatic nitrogens is 1. The molecule has 0 atom stereocenters. The number of pyridine rings is 1. The maximum Gasteiger partial charge on any atom is 0.138 e. The van der Waals surface area contributed by atoms with Crippen LogP contribution < -0.4 is 9.47 Å². The van der Waals surface area contributed by atoms with Gasteiger partial charge in [-0.3, -0.25) is 4.98 Å². The minimum absolute atomic E-state index is 0.369. The average Bonchev–Trinajstić information content (AvgIpc) is 2.60.